The van der Waals surface area contributed by atoms with E-state index in [4.69, 9.17) is 23.7 Å². The number of carbonyl (C=O) groups is 2. The molecule has 0 unspecified atom stereocenters. The Morgan fingerprint density at radius 1 is 0.889 bits per heavy atom. The lowest BCUT2D eigenvalue weighted by molar-refractivity contribution is -0.141. The summed E-state index contributed by atoms with van der Waals surface area (Å²) >= 11 is 0. The van der Waals surface area contributed by atoms with Crippen LogP contribution in [0.2, 0.25) is 0 Å². The Kier molecular flexibility index (Phi) is 10.2. The molecular weight excluding hydrogens is 570 g/mol. The maximum absolute atomic E-state index is 14.2. The number of rotatable bonds is 12. The summed E-state index contributed by atoms with van der Waals surface area (Å²) in [5.41, 5.74) is 5.14. The van der Waals surface area contributed by atoms with Crippen molar-refractivity contribution in [3.8, 4) is 17.2 Å². The lowest BCUT2D eigenvalue weighted by Gasteiger charge is -2.37. The monoisotopic (exact) mass is 611 g/mol. The number of ketones is 1. The van der Waals surface area contributed by atoms with E-state index in [1.807, 2.05) is 93.6 Å². The Labute approximate surface area is 265 Å². The Morgan fingerprint density at radius 2 is 1.62 bits per heavy atom. The molecule has 0 bridgehead atoms. The molecule has 236 valence electrons. The first-order valence-electron chi connectivity index (χ1n) is 15.3. The summed E-state index contributed by atoms with van der Waals surface area (Å²) in [7, 11) is 3.20. The Hall–Kier alpha value is -4.56. The fourth-order valence-electron chi connectivity index (χ4n) is 6.04. The van der Waals surface area contributed by atoms with Gasteiger partial charge in [-0.15, -0.1) is 0 Å². The standard InChI is InChI=1S/C37H41NO7/c1-23(2)43-17-18-44-37(40)34-24(3)38-29-19-27(26-15-16-32(41-4)33(21-26)42-5)20-30(39)36(29)35(34)28-13-9-10-14-31(28)45-22-25-11-7-6-8-12-25/h6-16,21,23,27,35,38H,17-20,22H2,1-5H3/t27-,35-/m1/s1. The molecule has 1 N–H and O–H groups in total. The average Bonchev–Trinajstić information content (AvgIpc) is 3.05. The zero-order valence-corrected chi connectivity index (χ0v) is 26.6. The molecule has 1 aliphatic heterocycles. The zero-order valence-electron chi connectivity index (χ0n) is 26.6. The number of hydrogen-bond donors (Lipinski definition) is 1. The molecule has 0 aromatic heterocycles. The molecule has 0 fully saturated rings. The minimum atomic E-state index is -0.661. The molecule has 1 heterocycles. The molecule has 0 saturated heterocycles. The molecule has 8 nitrogen and oxygen atoms in total. The number of ether oxygens (including phenoxy) is 5. The highest BCUT2D eigenvalue weighted by molar-refractivity contribution is 6.04. The summed E-state index contributed by atoms with van der Waals surface area (Å²) in [5.74, 6) is 0.588. The van der Waals surface area contributed by atoms with Gasteiger partial charge in [0.05, 0.1) is 38.4 Å². The third kappa shape index (κ3) is 7.23. The topological polar surface area (TPSA) is 92.3 Å². The second kappa shape index (κ2) is 14.5. The van der Waals surface area contributed by atoms with Crippen molar-refractivity contribution >= 4 is 11.8 Å². The predicted molar refractivity (Wildman–Crippen MR) is 171 cm³/mol. The van der Waals surface area contributed by atoms with Crippen LogP contribution in [0.1, 0.15) is 62.1 Å². The second-order valence-corrected chi connectivity index (χ2v) is 11.5. The highest BCUT2D eigenvalue weighted by Gasteiger charge is 2.42. The SMILES string of the molecule is COc1ccc([C@H]2CC(=O)C3=C(C2)NC(C)=C(C(=O)OCCOC(C)C)[C@H]3c2ccccc2OCc2ccccc2)cc1OC. The normalized spacial score (nSPS) is 18.0. The number of allylic oxidation sites excluding steroid dienone is 3. The molecule has 0 spiro atoms. The maximum Gasteiger partial charge on any atom is 0.336 e. The Morgan fingerprint density at radius 3 is 2.36 bits per heavy atom. The number of Topliss-reactive ketones (excluding diaryl/α,β-unsaturated/α-hetero) is 1. The smallest absolute Gasteiger partial charge is 0.336 e. The third-order valence-electron chi connectivity index (χ3n) is 8.16. The number of carbonyl (C=O) groups excluding carboxylic acids is 2. The zero-order chi connectivity index (χ0) is 31.9. The summed E-state index contributed by atoms with van der Waals surface area (Å²) in [6, 6.07) is 23.3. The van der Waals surface area contributed by atoms with Crippen molar-refractivity contribution in [2.45, 2.75) is 58.2 Å². The van der Waals surface area contributed by atoms with Crippen LogP contribution in [0, 0.1) is 0 Å². The first-order valence-corrected chi connectivity index (χ1v) is 15.3. The molecule has 1 aliphatic carbocycles. The summed E-state index contributed by atoms with van der Waals surface area (Å²) < 4.78 is 28.6. The van der Waals surface area contributed by atoms with E-state index in [2.05, 4.69) is 5.32 Å². The van der Waals surface area contributed by atoms with Gasteiger partial charge >= 0.3 is 5.97 Å². The molecule has 5 rings (SSSR count). The quantitative estimate of drug-likeness (QED) is 0.181. The van der Waals surface area contributed by atoms with E-state index in [-0.39, 0.29) is 37.4 Å². The summed E-state index contributed by atoms with van der Waals surface area (Å²) in [6.07, 6.45) is 0.888. The van der Waals surface area contributed by atoms with Gasteiger partial charge in [0.2, 0.25) is 0 Å². The van der Waals surface area contributed by atoms with Crippen LogP contribution in [0.3, 0.4) is 0 Å². The van der Waals surface area contributed by atoms with E-state index in [1.165, 1.54) is 0 Å². The van der Waals surface area contributed by atoms with Gasteiger partial charge in [0, 0.05) is 29.0 Å². The predicted octanol–water partition coefficient (Wildman–Crippen LogP) is 6.61. The lowest BCUT2D eigenvalue weighted by Crippen LogP contribution is -2.36. The van der Waals surface area contributed by atoms with Crippen molar-refractivity contribution in [1.82, 2.24) is 5.32 Å². The van der Waals surface area contributed by atoms with Crippen molar-refractivity contribution in [1.29, 1.82) is 0 Å². The van der Waals surface area contributed by atoms with Crippen molar-refractivity contribution in [3.05, 3.63) is 112 Å². The number of benzene rings is 3. The van der Waals surface area contributed by atoms with Crippen LogP contribution in [0.15, 0.2) is 95.3 Å². The number of hydrogen-bond acceptors (Lipinski definition) is 8. The van der Waals surface area contributed by atoms with Gasteiger partial charge in [-0.3, -0.25) is 4.79 Å². The minimum Gasteiger partial charge on any atom is -0.493 e. The lowest BCUT2D eigenvalue weighted by atomic mass is 9.71. The van der Waals surface area contributed by atoms with Crippen LogP contribution in [0.4, 0.5) is 0 Å². The Balaban J connectivity index is 1.52. The van der Waals surface area contributed by atoms with Gasteiger partial charge in [-0.1, -0.05) is 54.6 Å². The van der Waals surface area contributed by atoms with Gasteiger partial charge in [-0.25, -0.2) is 4.79 Å². The van der Waals surface area contributed by atoms with Gasteiger partial charge in [0.15, 0.2) is 17.3 Å². The van der Waals surface area contributed by atoms with Crippen molar-refractivity contribution < 1.29 is 33.3 Å². The Bertz CT molecular complexity index is 1590. The summed E-state index contributed by atoms with van der Waals surface area (Å²) in [4.78, 5) is 27.9. The first kappa shape index (κ1) is 31.9. The number of esters is 1. The highest BCUT2D eigenvalue weighted by atomic mass is 16.6. The molecule has 3 aromatic carbocycles. The van der Waals surface area contributed by atoms with Crippen molar-refractivity contribution in [2.24, 2.45) is 0 Å². The van der Waals surface area contributed by atoms with Gasteiger partial charge in [0.25, 0.3) is 0 Å². The summed E-state index contributed by atoms with van der Waals surface area (Å²) in [5, 5.41) is 3.43. The molecule has 0 radical (unpaired) electrons. The average molecular weight is 612 g/mol. The van der Waals surface area contributed by atoms with E-state index in [0.29, 0.717) is 47.1 Å². The highest BCUT2D eigenvalue weighted by Crippen LogP contribution is 2.48. The first-order chi connectivity index (χ1) is 21.8. The van der Waals surface area contributed by atoms with Crippen LogP contribution < -0.4 is 19.5 Å². The largest absolute Gasteiger partial charge is 0.493 e. The van der Waals surface area contributed by atoms with E-state index in [0.717, 1.165) is 22.4 Å². The van der Waals surface area contributed by atoms with Gasteiger partial charge in [-0.05, 0) is 62.4 Å². The number of nitrogens with one attached hydrogen (secondary N) is 1. The molecular formula is C37H41NO7. The number of methoxy groups -OCH3 is 2. The van der Waals surface area contributed by atoms with Crippen LogP contribution in [0.25, 0.3) is 0 Å². The molecule has 3 aromatic rings. The molecule has 45 heavy (non-hydrogen) atoms. The van der Waals surface area contributed by atoms with E-state index in [9.17, 15) is 9.59 Å². The number of dihydropyridines is 1. The molecule has 8 heteroatoms. The van der Waals surface area contributed by atoms with Crippen LogP contribution in [0.5, 0.6) is 17.2 Å². The van der Waals surface area contributed by atoms with Gasteiger partial charge in [0.1, 0.15) is 19.0 Å². The van der Waals surface area contributed by atoms with Crippen molar-refractivity contribution in [2.75, 3.05) is 27.4 Å². The molecule has 2 atom stereocenters. The molecule has 2 aliphatic rings. The van der Waals surface area contributed by atoms with Crippen LogP contribution in [-0.2, 0) is 25.7 Å². The number of para-hydroxylation sites is 1. The van der Waals surface area contributed by atoms with E-state index in [1.54, 1.807) is 14.2 Å². The van der Waals surface area contributed by atoms with Crippen LogP contribution >= 0.6 is 0 Å². The second-order valence-electron chi connectivity index (χ2n) is 11.5. The third-order valence-corrected chi connectivity index (χ3v) is 8.16. The van der Waals surface area contributed by atoms with Gasteiger partial charge in [-0.2, -0.15) is 0 Å². The van der Waals surface area contributed by atoms with Gasteiger partial charge < -0.3 is 29.0 Å². The fraction of sp³-hybridized carbons (Fsp3) is 0.351. The minimum absolute atomic E-state index is 0.0218. The summed E-state index contributed by atoms with van der Waals surface area (Å²) in [6.45, 7) is 6.45. The van der Waals surface area contributed by atoms with E-state index < -0.39 is 11.9 Å². The molecule has 0 saturated carbocycles. The molecule has 0 amide bonds. The maximum atomic E-state index is 14.2. The van der Waals surface area contributed by atoms with Crippen molar-refractivity contribution in [3.63, 3.8) is 0 Å². The fourth-order valence-corrected chi connectivity index (χ4v) is 6.04. The van der Waals surface area contributed by atoms with E-state index >= 15 is 0 Å². The van der Waals surface area contributed by atoms with Crippen LogP contribution in [-0.4, -0.2) is 45.3 Å².